The number of aromatic nitrogens is 3. The molecule has 0 aliphatic carbocycles. The molecule has 1 N–H and O–H groups in total. The Morgan fingerprint density at radius 1 is 1.41 bits per heavy atom. The summed E-state index contributed by atoms with van der Waals surface area (Å²) in [7, 11) is 3.89. The molecule has 5 heteroatoms. The number of nitrogens with one attached hydrogen (secondary N) is 1. The van der Waals surface area contributed by atoms with E-state index in [1.54, 1.807) is 6.20 Å². The minimum atomic E-state index is 0.511. The van der Waals surface area contributed by atoms with Gasteiger partial charge in [0, 0.05) is 26.2 Å². The summed E-state index contributed by atoms with van der Waals surface area (Å²) in [5, 5.41) is 3.61. The second-order valence-corrected chi connectivity index (χ2v) is 4.15. The molecule has 4 nitrogen and oxygen atoms in total. The van der Waals surface area contributed by atoms with Crippen molar-refractivity contribution in [3.63, 3.8) is 0 Å². The summed E-state index contributed by atoms with van der Waals surface area (Å²) in [6.07, 6.45) is 2.60. The third kappa shape index (κ3) is 2.48. The van der Waals surface area contributed by atoms with E-state index in [0.717, 1.165) is 30.2 Å². The van der Waals surface area contributed by atoms with Crippen molar-refractivity contribution in [2.24, 2.45) is 7.05 Å². The summed E-state index contributed by atoms with van der Waals surface area (Å²) in [5.74, 6) is 0.963. The van der Waals surface area contributed by atoms with Gasteiger partial charge in [-0.05, 0) is 19.2 Å². The number of halogens is 1. The number of hydrogen-bond acceptors (Lipinski definition) is 3. The lowest BCUT2D eigenvalue weighted by molar-refractivity contribution is 0.719. The van der Waals surface area contributed by atoms with Gasteiger partial charge < -0.3 is 9.88 Å². The third-order valence-electron chi connectivity index (χ3n) is 2.65. The second kappa shape index (κ2) is 5.29. The predicted octanol–water partition coefficient (Wildman–Crippen LogP) is 1.90. The fraction of sp³-hybridized carbons (Fsp3) is 0.333. The van der Waals surface area contributed by atoms with E-state index in [9.17, 15) is 0 Å². The van der Waals surface area contributed by atoms with Crippen molar-refractivity contribution in [3.8, 4) is 11.4 Å². The molecular weight excluding hydrogens is 236 g/mol. The molecule has 0 atom stereocenters. The molecule has 0 saturated heterocycles. The van der Waals surface area contributed by atoms with E-state index in [-0.39, 0.29) is 0 Å². The van der Waals surface area contributed by atoms with Crippen molar-refractivity contribution in [2.75, 3.05) is 13.6 Å². The zero-order chi connectivity index (χ0) is 12.3. The Labute approximate surface area is 106 Å². The van der Waals surface area contributed by atoms with Crippen LogP contribution in [0.15, 0.2) is 24.4 Å². The first kappa shape index (κ1) is 12.1. The largest absolute Gasteiger partial charge is 0.329 e. The first-order valence-electron chi connectivity index (χ1n) is 5.51. The van der Waals surface area contributed by atoms with Crippen LogP contribution in [0.5, 0.6) is 0 Å². The molecule has 2 aromatic rings. The lowest BCUT2D eigenvalue weighted by Crippen LogP contribution is -2.13. The van der Waals surface area contributed by atoms with Crippen LogP contribution >= 0.6 is 11.6 Å². The van der Waals surface area contributed by atoms with Crippen molar-refractivity contribution in [1.82, 2.24) is 19.9 Å². The average Bonchev–Trinajstić information content (AvgIpc) is 2.63. The van der Waals surface area contributed by atoms with Crippen molar-refractivity contribution in [3.05, 3.63) is 35.4 Å². The zero-order valence-corrected chi connectivity index (χ0v) is 10.7. The summed E-state index contributed by atoms with van der Waals surface area (Å²) in [6.45, 7) is 0.878. The molecule has 2 heterocycles. The van der Waals surface area contributed by atoms with Crippen molar-refractivity contribution < 1.29 is 0 Å². The summed E-state index contributed by atoms with van der Waals surface area (Å²) in [5.41, 5.74) is 1.72. The molecule has 17 heavy (non-hydrogen) atoms. The number of rotatable bonds is 4. The summed E-state index contributed by atoms with van der Waals surface area (Å²) < 4.78 is 2.00. The zero-order valence-electron chi connectivity index (χ0n) is 9.94. The molecule has 0 fully saturated rings. The first-order valence-corrected chi connectivity index (χ1v) is 5.89. The van der Waals surface area contributed by atoms with Gasteiger partial charge in [0.1, 0.15) is 11.5 Å². The Morgan fingerprint density at radius 3 is 2.88 bits per heavy atom. The first-order chi connectivity index (χ1) is 8.24. The van der Waals surface area contributed by atoms with Crippen LogP contribution in [0.3, 0.4) is 0 Å². The highest BCUT2D eigenvalue weighted by atomic mass is 35.5. The second-order valence-electron chi connectivity index (χ2n) is 3.79. The highest BCUT2D eigenvalue weighted by Crippen LogP contribution is 2.26. The molecule has 0 amide bonds. The maximum absolute atomic E-state index is 6.17. The molecule has 0 radical (unpaired) electrons. The van der Waals surface area contributed by atoms with E-state index < -0.39 is 0 Å². The van der Waals surface area contributed by atoms with E-state index in [4.69, 9.17) is 11.6 Å². The van der Waals surface area contributed by atoms with Crippen LogP contribution < -0.4 is 5.32 Å². The normalized spacial score (nSPS) is 10.8. The predicted molar refractivity (Wildman–Crippen MR) is 69.1 cm³/mol. The Balaban J connectivity index is 2.38. The Hall–Kier alpha value is -1.39. The standard InChI is InChI=1S/C12H15ClN4/c1-14-8-6-10-16-12(13)11(17(10)2)9-5-3-4-7-15-9/h3-5,7,14H,6,8H2,1-2H3. The average molecular weight is 251 g/mol. The van der Waals surface area contributed by atoms with Crippen molar-refractivity contribution in [1.29, 1.82) is 0 Å². The van der Waals surface area contributed by atoms with Gasteiger partial charge in [0.2, 0.25) is 0 Å². The minimum Gasteiger partial charge on any atom is -0.329 e. The lowest BCUT2D eigenvalue weighted by Gasteiger charge is -2.05. The molecule has 0 spiro atoms. The highest BCUT2D eigenvalue weighted by molar-refractivity contribution is 6.31. The summed E-state index contributed by atoms with van der Waals surface area (Å²) in [6, 6.07) is 5.76. The van der Waals surface area contributed by atoms with Crippen LogP contribution in [0, 0.1) is 0 Å². The molecule has 2 aromatic heterocycles. The Bertz CT molecular complexity index is 493. The molecule has 2 rings (SSSR count). The minimum absolute atomic E-state index is 0.511. The van der Waals surface area contributed by atoms with E-state index in [2.05, 4.69) is 15.3 Å². The Morgan fingerprint density at radius 2 is 2.24 bits per heavy atom. The van der Waals surface area contributed by atoms with E-state index in [0.29, 0.717) is 5.15 Å². The molecule has 0 aliphatic rings. The monoisotopic (exact) mass is 250 g/mol. The molecule has 0 aliphatic heterocycles. The molecular formula is C12H15ClN4. The van der Waals surface area contributed by atoms with E-state index >= 15 is 0 Å². The molecule has 0 bridgehead atoms. The number of hydrogen-bond donors (Lipinski definition) is 1. The molecule has 0 saturated carbocycles. The van der Waals surface area contributed by atoms with Crippen LogP contribution in [0.2, 0.25) is 5.15 Å². The lowest BCUT2D eigenvalue weighted by atomic mass is 10.3. The third-order valence-corrected chi connectivity index (χ3v) is 2.91. The van der Waals surface area contributed by atoms with Gasteiger partial charge in [-0.15, -0.1) is 0 Å². The van der Waals surface area contributed by atoms with Crippen LogP contribution in [-0.2, 0) is 13.5 Å². The van der Waals surface area contributed by atoms with Crippen LogP contribution in [-0.4, -0.2) is 28.1 Å². The van der Waals surface area contributed by atoms with Gasteiger partial charge in [0.25, 0.3) is 0 Å². The van der Waals surface area contributed by atoms with Gasteiger partial charge in [-0.3, -0.25) is 4.98 Å². The van der Waals surface area contributed by atoms with Crippen molar-refractivity contribution in [2.45, 2.75) is 6.42 Å². The fourth-order valence-electron chi connectivity index (χ4n) is 1.75. The SMILES string of the molecule is CNCCc1nc(Cl)c(-c2ccccn2)n1C. The number of imidazole rings is 1. The quantitative estimate of drug-likeness (QED) is 0.901. The topological polar surface area (TPSA) is 42.7 Å². The van der Waals surface area contributed by atoms with Gasteiger partial charge >= 0.3 is 0 Å². The fourth-order valence-corrected chi connectivity index (χ4v) is 2.07. The summed E-state index contributed by atoms with van der Waals surface area (Å²) in [4.78, 5) is 8.68. The maximum Gasteiger partial charge on any atom is 0.157 e. The number of likely N-dealkylation sites (N-methyl/N-ethyl adjacent to an activating group) is 1. The van der Waals surface area contributed by atoms with Crippen LogP contribution in [0.1, 0.15) is 5.82 Å². The molecule has 0 aromatic carbocycles. The molecule has 0 unspecified atom stereocenters. The summed E-state index contributed by atoms with van der Waals surface area (Å²) >= 11 is 6.17. The maximum atomic E-state index is 6.17. The van der Waals surface area contributed by atoms with Crippen molar-refractivity contribution >= 4 is 11.6 Å². The van der Waals surface area contributed by atoms with Gasteiger partial charge in [0.05, 0.1) is 5.69 Å². The molecule has 90 valence electrons. The highest BCUT2D eigenvalue weighted by Gasteiger charge is 2.14. The number of nitrogens with zero attached hydrogens (tertiary/aromatic N) is 3. The van der Waals surface area contributed by atoms with Crippen LogP contribution in [0.4, 0.5) is 0 Å². The smallest absolute Gasteiger partial charge is 0.157 e. The van der Waals surface area contributed by atoms with E-state index in [1.807, 2.05) is 36.9 Å². The van der Waals surface area contributed by atoms with Gasteiger partial charge in [-0.25, -0.2) is 4.98 Å². The number of pyridine rings is 1. The van der Waals surface area contributed by atoms with Crippen LogP contribution in [0.25, 0.3) is 11.4 Å². The van der Waals surface area contributed by atoms with Gasteiger partial charge in [-0.2, -0.15) is 0 Å². The van der Waals surface area contributed by atoms with E-state index in [1.165, 1.54) is 0 Å². The Kier molecular flexibility index (Phi) is 3.76. The van der Waals surface area contributed by atoms with Gasteiger partial charge in [-0.1, -0.05) is 17.7 Å². The van der Waals surface area contributed by atoms with Gasteiger partial charge in [0.15, 0.2) is 5.15 Å².